The lowest BCUT2D eigenvalue weighted by molar-refractivity contribution is 0.440. The minimum atomic E-state index is -0.314. The van der Waals surface area contributed by atoms with Gasteiger partial charge in [-0.1, -0.05) is 6.92 Å². The van der Waals surface area contributed by atoms with Gasteiger partial charge in [0.1, 0.15) is 5.82 Å². The highest BCUT2D eigenvalue weighted by Crippen LogP contribution is 2.07. The van der Waals surface area contributed by atoms with Gasteiger partial charge in [-0.25, -0.2) is 0 Å². The zero-order chi connectivity index (χ0) is 9.14. The van der Waals surface area contributed by atoms with Crippen LogP contribution in [0.5, 0.6) is 5.88 Å². The molecule has 0 aliphatic carbocycles. The predicted octanol–water partition coefficient (Wildman–Crippen LogP) is -0.503. The van der Waals surface area contributed by atoms with E-state index in [0.717, 1.165) is 0 Å². The first-order valence-electron chi connectivity index (χ1n) is 3.70. The van der Waals surface area contributed by atoms with Gasteiger partial charge in [0.25, 0.3) is 5.56 Å². The van der Waals surface area contributed by atoms with Gasteiger partial charge in [0.15, 0.2) is 0 Å². The molecule has 0 unspecified atom stereocenters. The first-order valence-corrected chi connectivity index (χ1v) is 3.70. The SMILES string of the molecule is CCc1c(O)nc(CN)[nH]c1=O. The van der Waals surface area contributed by atoms with Gasteiger partial charge >= 0.3 is 0 Å². The summed E-state index contributed by atoms with van der Waals surface area (Å²) < 4.78 is 0. The predicted molar refractivity (Wildman–Crippen MR) is 43.8 cm³/mol. The van der Waals surface area contributed by atoms with E-state index in [1.165, 1.54) is 0 Å². The average Bonchev–Trinajstić information content (AvgIpc) is 2.03. The first-order chi connectivity index (χ1) is 5.69. The van der Waals surface area contributed by atoms with Gasteiger partial charge in [0, 0.05) is 0 Å². The zero-order valence-electron chi connectivity index (χ0n) is 6.79. The Bertz CT molecular complexity index is 332. The summed E-state index contributed by atoms with van der Waals surface area (Å²) in [5, 5.41) is 9.22. The second kappa shape index (κ2) is 3.36. The molecule has 1 heterocycles. The molecule has 0 saturated carbocycles. The molecule has 0 fully saturated rings. The molecule has 0 amide bonds. The molecular weight excluding hydrogens is 158 g/mol. The quantitative estimate of drug-likeness (QED) is 0.556. The van der Waals surface area contributed by atoms with E-state index in [0.29, 0.717) is 17.8 Å². The second-order valence-corrected chi connectivity index (χ2v) is 2.37. The monoisotopic (exact) mass is 169 g/mol. The van der Waals surface area contributed by atoms with Crippen molar-refractivity contribution in [3.05, 3.63) is 21.7 Å². The van der Waals surface area contributed by atoms with E-state index in [1.54, 1.807) is 6.92 Å². The van der Waals surface area contributed by atoms with Crippen LogP contribution in [0, 0.1) is 0 Å². The lowest BCUT2D eigenvalue weighted by atomic mass is 10.2. The van der Waals surface area contributed by atoms with Crippen molar-refractivity contribution in [3.63, 3.8) is 0 Å². The number of aromatic amines is 1. The van der Waals surface area contributed by atoms with Crippen LogP contribution in [0.15, 0.2) is 4.79 Å². The molecule has 66 valence electrons. The van der Waals surface area contributed by atoms with Crippen molar-refractivity contribution in [2.24, 2.45) is 5.73 Å². The van der Waals surface area contributed by atoms with Crippen molar-refractivity contribution < 1.29 is 5.11 Å². The Morgan fingerprint density at radius 3 is 2.75 bits per heavy atom. The maximum atomic E-state index is 11.1. The van der Waals surface area contributed by atoms with E-state index in [1.807, 2.05) is 0 Å². The van der Waals surface area contributed by atoms with Crippen LogP contribution in [0.3, 0.4) is 0 Å². The van der Waals surface area contributed by atoms with Crippen LogP contribution in [0.2, 0.25) is 0 Å². The minimum absolute atomic E-state index is 0.118. The Hall–Kier alpha value is -1.36. The molecule has 5 heteroatoms. The molecule has 4 N–H and O–H groups in total. The standard InChI is InChI=1S/C7H11N3O2/c1-2-4-6(11)9-5(3-8)10-7(4)12/h2-3,8H2,1H3,(H2,9,10,11,12). The number of rotatable bonds is 2. The summed E-state index contributed by atoms with van der Waals surface area (Å²) in [7, 11) is 0. The van der Waals surface area contributed by atoms with Gasteiger partial charge in [0.2, 0.25) is 5.88 Å². The number of H-pyrrole nitrogens is 1. The van der Waals surface area contributed by atoms with E-state index in [-0.39, 0.29) is 18.0 Å². The molecule has 12 heavy (non-hydrogen) atoms. The minimum Gasteiger partial charge on any atom is -0.493 e. The second-order valence-electron chi connectivity index (χ2n) is 2.37. The number of nitrogens with two attached hydrogens (primary N) is 1. The largest absolute Gasteiger partial charge is 0.493 e. The Morgan fingerprint density at radius 1 is 1.67 bits per heavy atom. The third-order valence-electron chi connectivity index (χ3n) is 1.59. The molecule has 0 bridgehead atoms. The van der Waals surface area contributed by atoms with Gasteiger partial charge < -0.3 is 15.8 Å². The normalized spacial score (nSPS) is 10.2. The van der Waals surface area contributed by atoms with E-state index in [4.69, 9.17) is 5.73 Å². The smallest absolute Gasteiger partial charge is 0.257 e. The summed E-state index contributed by atoms with van der Waals surface area (Å²) in [5.41, 5.74) is 5.22. The first kappa shape index (κ1) is 8.73. The van der Waals surface area contributed by atoms with Crippen molar-refractivity contribution >= 4 is 0 Å². The van der Waals surface area contributed by atoms with Gasteiger partial charge in [-0.15, -0.1) is 0 Å². The Morgan fingerprint density at radius 2 is 2.33 bits per heavy atom. The van der Waals surface area contributed by atoms with E-state index in [2.05, 4.69) is 9.97 Å². The Kier molecular flexibility index (Phi) is 2.44. The maximum absolute atomic E-state index is 11.1. The summed E-state index contributed by atoms with van der Waals surface area (Å²) >= 11 is 0. The fourth-order valence-electron chi connectivity index (χ4n) is 0.947. The van der Waals surface area contributed by atoms with Crippen LogP contribution in [-0.2, 0) is 13.0 Å². The average molecular weight is 169 g/mol. The van der Waals surface area contributed by atoms with Crippen LogP contribution in [0.1, 0.15) is 18.3 Å². The van der Waals surface area contributed by atoms with Gasteiger partial charge in [0.05, 0.1) is 12.1 Å². The highest BCUT2D eigenvalue weighted by molar-refractivity contribution is 5.22. The molecule has 0 aliphatic heterocycles. The molecule has 5 nitrogen and oxygen atoms in total. The molecule has 0 aromatic carbocycles. The van der Waals surface area contributed by atoms with Crippen LogP contribution in [0.25, 0.3) is 0 Å². The molecule has 0 radical (unpaired) electrons. The van der Waals surface area contributed by atoms with Crippen molar-refractivity contribution in [1.82, 2.24) is 9.97 Å². The van der Waals surface area contributed by atoms with Gasteiger partial charge in [-0.05, 0) is 6.42 Å². The third kappa shape index (κ3) is 1.45. The molecule has 1 aromatic rings. The van der Waals surface area contributed by atoms with E-state index < -0.39 is 0 Å². The summed E-state index contributed by atoms with van der Waals surface area (Å²) in [4.78, 5) is 17.3. The van der Waals surface area contributed by atoms with Crippen molar-refractivity contribution in [1.29, 1.82) is 0 Å². The van der Waals surface area contributed by atoms with E-state index in [9.17, 15) is 9.90 Å². The maximum Gasteiger partial charge on any atom is 0.257 e. The lowest BCUT2D eigenvalue weighted by Gasteiger charge is -2.01. The van der Waals surface area contributed by atoms with Crippen LogP contribution in [-0.4, -0.2) is 15.1 Å². The van der Waals surface area contributed by atoms with E-state index >= 15 is 0 Å². The van der Waals surface area contributed by atoms with Crippen LogP contribution < -0.4 is 11.3 Å². The number of hydrogen-bond acceptors (Lipinski definition) is 4. The fourth-order valence-corrected chi connectivity index (χ4v) is 0.947. The summed E-state index contributed by atoms with van der Waals surface area (Å²) in [5.74, 6) is 0.0800. The number of aromatic hydroxyl groups is 1. The Labute approximate surface area is 69.3 Å². The zero-order valence-corrected chi connectivity index (χ0v) is 6.79. The summed E-state index contributed by atoms with van der Waals surface area (Å²) in [6, 6.07) is 0. The molecule has 0 spiro atoms. The topological polar surface area (TPSA) is 92.0 Å². The molecule has 0 aliphatic rings. The van der Waals surface area contributed by atoms with Crippen molar-refractivity contribution in [2.45, 2.75) is 19.9 Å². The number of hydrogen-bond donors (Lipinski definition) is 3. The molecule has 1 rings (SSSR count). The summed E-state index contributed by atoms with van der Waals surface area (Å²) in [6.45, 7) is 1.89. The highest BCUT2D eigenvalue weighted by atomic mass is 16.3. The summed E-state index contributed by atoms with van der Waals surface area (Å²) in [6.07, 6.45) is 0.457. The lowest BCUT2D eigenvalue weighted by Crippen LogP contribution is -2.17. The molecule has 0 saturated heterocycles. The highest BCUT2D eigenvalue weighted by Gasteiger charge is 2.06. The molecular formula is C7H11N3O2. The van der Waals surface area contributed by atoms with Gasteiger partial charge in [-0.3, -0.25) is 4.79 Å². The number of nitrogens with zero attached hydrogens (tertiary/aromatic N) is 1. The molecule has 1 aromatic heterocycles. The number of aromatic nitrogens is 2. The van der Waals surface area contributed by atoms with Crippen molar-refractivity contribution in [2.75, 3.05) is 0 Å². The molecule has 0 atom stereocenters. The fraction of sp³-hybridized carbons (Fsp3) is 0.429. The van der Waals surface area contributed by atoms with Crippen LogP contribution in [0.4, 0.5) is 0 Å². The van der Waals surface area contributed by atoms with Crippen LogP contribution >= 0.6 is 0 Å². The Balaban J connectivity index is 3.28. The third-order valence-corrected chi connectivity index (χ3v) is 1.59. The van der Waals surface area contributed by atoms with Gasteiger partial charge in [-0.2, -0.15) is 4.98 Å². The number of nitrogens with one attached hydrogen (secondary N) is 1. The van der Waals surface area contributed by atoms with Crippen molar-refractivity contribution in [3.8, 4) is 5.88 Å².